The summed E-state index contributed by atoms with van der Waals surface area (Å²) in [6, 6.07) is 7.74. The van der Waals surface area contributed by atoms with Crippen molar-refractivity contribution in [2.24, 2.45) is 0 Å². The standard InChI is InChI=1S/C17H24N2O2/c1-13(20)18-12-14-8-10-15(11-9-14)17(21)19-16-6-4-2-3-5-7-16/h8-11,16H,2-7,12H2,1H3,(H,18,20)(H,19,21). The molecule has 4 heteroatoms. The summed E-state index contributed by atoms with van der Waals surface area (Å²) in [7, 11) is 0. The van der Waals surface area contributed by atoms with Gasteiger partial charge in [0, 0.05) is 25.1 Å². The van der Waals surface area contributed by atoms with Gasteiger partial charge in [-0.3, -0.25) is 9.59 Å². The number of amides is 2. The molecule has 0 saturated heterocycles. The molecular formula is C17H24N2O2. The van der Waals surface area contributed by atoms with Crippen LogP contribution in [0.4, 0.5) is 0 Å². The van der Waals surface area contributed by atoms with E-state index in [9.17, 15) is 9.59 Å². The summed E-state index contributed by atoms with van der Waals surface area (Å²) in [5, 5.41) is 5.88. The summed E-state index contributed by atoms with van der Waals surface area (Å²) >= 11 is 0. The maximum Gasteiger partial charge on any atom is 0.251 e. The first-order chi connectivity index (χ1) is 10.1. The van der Waals surface area contributed by atoms with Crippen molar-refractivity contribution in [3.8, 4) is 0 Å². The Morgan fingerprint density at radius 2 is 1.67 bits per heavy atom. The van der Waals surface area contributed by atoms with Crippen LogP contribution in [0.5, 0.6) is 0 Å². The molecule has 0 radical (unpaired) electrons. The molecule has 0 aromatic heterocycles. The molecule has 0 heterocycles. The van der Waals surface area contributed by atoms with Crippen LogP contribution in [0.3, 0.4) is 0 Å². The molecule has 1 aromatic rings. The Morgan fingerprint density at radius 1 is 1.05 bits per heavy atom. The fraction of sp³-hybridized carbons (Fsp3) is 0.529. The molecule has 0 aliphatic heterocycles. The van der Waals surface area contributed by atoms with Gasteiger partial charge in [-0.15, -0.1) is 0 Å². The molecule has 1 aliphatic rings. The fourth-order valence-corrected chi connectivity index (χ4v) is 2.69. The Bertz CT molecular complexity index is 474. The molecular weight excluding hydrogens is 264 g/mol. The van der Waals surface area contributed by atoms with Gasteiger partial charge in [0.15, 0.2) is 0 Å². The van der Waals surface area contributed by atoms with Crippen molar-refractivity contribution < 1.29 is 9.59 Å². The van der Waals surface area contributed by atoms with Crippen LogP contribution in [0.15, 0.2) is 24.3 Å². The molecule has 4 nitrogen and oxygen atoms in total. The van der Waals surface area contributed by atoms with Gasteiger partial charge in [0.25, 0.3) is 5.91 Å². The van der Waals surface area contributed by atoms with Gasteiger partial charge in [-0.2, -0.15) is 0 Å². The fourth-order valence-electron chi connectivity index (χ4n) is 2.69. The number of rotatable bonds is 4. The smallest absolute Gasteiger partial charge is 0.251 e. The molecule has 1 fully saturated rings. The summed E-state index contributed by atoms with van der Waals surface area (Å²) in [5.74, 6) is -0.0434. The minimum atomic E-state index is -0.0508. The van der Waals surface area contributed by atoms with E-state index in [2.05, 4.69) is 10.6 Å². The van der Waals surface area contributed by atoms with Gasteiger partial charge in [-0.1, -0.05) is 37.8 Å². The van der Waals surface area contributed by atoms with Crippen molar-refractivity contribution in [2.75, 3.05) is 0 Å². The van der Waals surface area contributed by atoms with E-state index in [-0.39, 0.29) is 11.8 Å². The van der Waals surface area contributed by atoms with Crippen molar-refractivity contribution in [1.29, 1.82) is 0 Å². The van der Waals surface area contributed by atoms with E-state index in [4.69, 9.17) is 0 Å². The third kappa shape index (κ3) is 5.21. The molecule has 1 saturated carbocycles. The van der Waals surface area contributed by atoms with Crippen molar-refractivity contribution in [3.63, 3.8) is 0 Å². The van der Waals surface area contributed by atoms with E-state index >= 15 is 0 Å². The van der Waals surface area contributed by atoms with E-state index < -0.39 is 0 Å². The van der Waals surface area contributed by atoms with Gasteiger partial charge in [-0.05, 0) is 30.5 Å². The zero-order valence-electron chi connectivity index (χ0n) is 12.7. The minimum absolute atomic E-state index is 0.00739. The quantitative estimate of drug-likeness (QED) is 0.837. The Morgan fingerprint density at radius 3 is 2.24 bits per heavy atom. The van der Waals surface area contributed by atoms with Crippen LogP contribution in [-0.2, 0) is 11.3 Å². The Kier molecular flexibility index (Phi) is 5.78. The zero-order valence-corrected chi connectivity index (χ0v) is 12.7. The predicted octanol–water partition coefficient (Wildman–Crippen LogP) is 2.78. The molecule has 2 N–H and O–H groups in total. The number of carbonyl (C=O) groups excluding carboxylic acids is 2. The van der Waals surface area contributed by atoms with Crippen molar-refractivity contribution in [3.05, 3.63) is 35.4 Å². The molecule has 0 unspecified atom stereocenters. The summed E-state index contributed by atoms with van der Waals surface area (Å²) in [5.41, 5.74) is 1.68. The van der Waals surface area contributed by atoms with E-state index in [1.165, 1.54) is 32.6 Å². The lowest BCUT2D eigenvalue weighted by atomic mass is 10.1. The van der Waals surface area contributed by atoms with Gasteiger partial charge < -0.3 is 10.6 Å². The van der Waals surface area contributed by atoms with Crippen LogP contribution in [0.25, 0.3) is 0 Å². The number of hydrogen-bond donors (Lipinski definition) is 2. The van der Waals surface area contributed by atoms with Crippen molar-refractivity contribution in [1.82, 2.24) is 10.6 Å². The summed E-state index contributed by atoms with van der Waals surface area (Å²) < 4.78 is 0. The number of nitrogens with one attached hydrogen (secondary N) is 2. The molecule has 21 heavy (non-hydrogen) atoms. The van der Waals surface area contributed by atoms with Crippen molar-refractivity contribution >= 4 is 11.8 Å². The summed E-state index contributed by atoms with van der Waals surface area (Å²) in [6.07, 6.45) is 7.16. The first kappa shape index (κ1) is 15.5. The maximum absolute atomic E-state index is 12.2. The van der Waals surface area contributed by atoms with Gasteiger partial charge in [0.05, 0.1) is 0 Å². The van der Waals surface area contributed by atoms with Gasteiger partial charge in [0.1, 0.15) is 0 Å². The second-order valence-electron chi connectivity index (χ2n) is 5.77. The molecule has 114 valence electrons. The molecule has 0 bridgehead atoms. The Balaban J connectivity index is 1.88. The second kappa shape index (κ2) is 7.81. The van der Waals surface area contributed by atoms with E-state index in [1.54, 1.807) is 0 Å². The average Bonchev–Trinajstić information content (AvgIpc) is 2.74. The summed E-state index contributed by atoms with van der Waals surface area (Å²) in [4.78, 5) is 23.1. The predicted molar refractivity (Wildman–Crippen MR) is 82.9 cm³/mol. The van der Waals surface area contributed by atoms with Crippen LogP contribution in [-0.4, -0.2) is 17.9 Å². The van der Waals surface area contributed by atoms with Crippen LogP contribution < -0.4 is 10.6 Å². The molecule has 1 aromatic carbocycles. The highest BCUT2D eigenvalue weighted by Gasteiger charge is 2.15. The number of benzene rings is 1. The van der Waals surface area contributed by atoms with Gasteiger partial charge >= 0.3 is 0 Å². The second-order valence-corrected chi connectivity index (χ2v) is 5.77. The van der Waals surface area contributed by atoms with E-state index in [1.807, 2.05) is 24.3 Å². The van der Waals surface area contributed by atoms with E-state index in [0.717, 1.165) is 18.4 Å². The molecule has 2 rings (SSSR count). The van der Waals surface area contributed by atoms with Crippen molar-refractivity contribution in [2.45, 2.75) is 58.0 Å². The third-order valence-electron chi connectivity index (χ3n) is 3.95. The third-order valence-corrected chi connectivity index (χ3v) is 3.95. The topological polar surface area (TPSA) is 58.2 Å². The van der Waals surface area contributed by atoms with Gasteiger partial charge in [0.2, 0.25) is 5.91 Å². The minimum Gasteiger partial charge on any atom is -0.352 e. The van der Waals surface area contributed by atoms with Crippen LogP contribution in [0.1, 0.15) is 61.4 Å². The lowest BCUT2D eigenvalue weighted by Gasteiger charge is -2.16. The van der Waals surface area contributed by atoms with Crippen LogP contribution >= 0.6 is 0 Å². The molecule has 1 aliphatic carbocycles. The average molecular weight is 288 g/mol. The maximum atomic E-state index is 12.2. The first-order valence-corrected chi connectivity index (χ1v) is 7.79. The highest BCUT2D eigenvalue weighted by molar-refractivity contribution is 5.94. The van der Waals surface area contributed by atoms with Crippen LogP contribution in [0.2, 0.25) is 0 Å². The molecule has 0 atom stereocenters. The first-order valence-electron chi connectivity index (χ1n) is 7.79. The molecule has 2 amide bonds. The molecule has 0 spiro atoms. The SMILES string of the molecule is CC(=O)NCc1ccc(C(=O)NC2CCCCCC2)cc1. The van der Waals surface area contributed by atoms with Crippen LogP contribution in [0, 0.1) is 0 Å². The Labute approximate surface area is 126 Å². The summed E-state index contributed by atoms with van der Waals surface area (Å²) in [6.45, 7) is 1.99. The number of hydrogen-bond acceptors (Lipinski definition) is 2. The highest BCUT2D eigenvalue weighted by atomic mass is 16.2. The van der Waals surface area contributed by atoms with E-state index in [0.29, 0.717) is 18.2 Å². The lowest BCUT2D eigenvalue weighted by Crippen LogP contribution is -2.34. The normalized spacial score (nSPS) is 16.0. The zero-order chi connectivity index (χ0) is 15.1. The number of carbonyl (C=O) groups is 2. The Hall–Kier alpha value is -1.84. The highest BCUT2D eigenvalue weighted by Crippen LogP contribution is 2.17. The van der Waals surface area contributed by atoms with Gasteiger partial charge in [-0.25, -0.2) is 0 Å². The monoisotopic (exact) mass is 288 g/mol. The largest absolute Gasteiger partial charge is 0.352 e. The lowest BCUT2D eigenvalue weighted by molar-refractivity contribution is -0.119.